The van der Waals surface area contributed by atoms with Crippen molar-refractivity contribution in [3.8, 4) is 0 Å². The van der Waals surface area contributed by atoms with Crippen LogP contribution >= 0.6 is 0 Å². The van der Waals surface area contributed by atoms with Crippen LogP contribution in [0.5, 0.6) is 0 Å². The fourth-order valence-electron chi connectivity index (χ4n) is 3.61. The first-order valence-corrected chi connectivity index (χ1v) is 9.88. The summed E-state index contributed by atoms with van der Waals surface area (Å²) >= 11 is 0. The third-order valence-electron chi connectivity index (χ3n) is 5.59. The van der Waals surface area contributed by atoms with Gasteiger partial charge in [0.15, 0.2) is 0 Å². The summed E-state index contributed by atoms with van der Waals surface area (Å²) in [5.41, 5.74) is 0. The van der Waals surface area contributed by atoms with Gasteiger partial charge in [-0.3, -0.25) is 0 Å². The molecule has 1 saturated heterocycles. The molecule has 1 fully saturated rings. The van der Waals surface area contributed by atoms with Crippen molar-refractivity contribution in [3.05, 3.63) is 0 Å². The monoisotopic (exact) mass is 295 g/mol. The average Bonchev–Trinajstić information content (AvgIpc) is 2.50. The molecule has 0 aromatic rings. The first-order chi connectivity index (χ1) is 10.2. The van der Waals surface area contributed by atoms with Crippen molar-refractivity contribution in [1.82, 2.24) is 4.90 Å². The molecule has 0 aromatic carbocycles. The van der Waals surface area contributed by atoms with Crippen LogP contribution in [0.15, 0.2) is 0 Å². The summed E-state index contributed by atoms with van der Waals surface area (Å²) in [4.78, 5) is 2.71. The highest BCUT2D eigenvalue weighted by Crippen LogP contribution is 2.26. The van der Waals surface area contributed by atoms with E-state index in [2.05, 4.69) is 32.6 Å². The zero-order valence-corrected chi connectivity index (χ0v) is 15.4. The van der Waals surface area contributed by atoms with Crippen LogP contribution in [0.4, 0.5) is 0 Å². The lowest BCUT2D eigenvalue weighted by atomic mass is 9.87. The van der Waals surface area contributed by atoms with Crippen molar-refractivity contribution in [2.24, 2.45) is 17.8 Å². The van der Waals surface area contributed by atoms with Gasteiger partial charge in [0.05, 0.1) is 0 Å². The van der Waals surface area contributed by atoms with Gasteiger partial charge in [0.25, 0.3) is 0 Å². The largest absolute Gasteiger partial charge is 0.303 e. The Morgan fingerprint density at radius 2 is 1.62 bits per heavy atom. The Balaban J connectivity index is 2.04. The van der Waals surface area contributed by atoms with Crippen molar-refractivity contribution in [3.63, 3.8) is 0 Å². The maximum absolute atomic E-state index is 2.71. The van der Waals surface area contributed by atoms with Crippen LogP contribution < -0.4 is 0 Å². The van der Waals surface area contributed by atoms with Gasteiger partial charge in [0.1, 0.15) is 0 Å². The predicted molar refractivity (Wildman–Crippen MR) is 95.8 cm³/mol. The second-order valence-corrected chi connectivity index (χ2v) is 7.79. The number of rotatable bonds is 11. The molecule has 2 atom stereocenters. The molecule has 0 N–H and O–H groups in total. The van der Waals surface area contributed by atoms with E-state index in [0.29, 0.717) is 0 Å². The normalized spacial score (nSPS) is 20.6. The van der Waals surface area contributed by atoms with Gasteiger partial charge < -0.3 is 4.90 Å². The summed E-state index contributed by atoms with van der Waals surface area (Å²) in [7, 11) is 0. The number of nitrogens with zero attached hydrogens (tertiary/aromatic N) is 1. The van der Waals surface area contributed by atoms with E-state index in [4.69, 9.17) is 0 Å². The molecule has 0 saturated carbocycles. The number of unbranched alkanes of at least 4 members (excludes halogenated alkanes) is 3. The van der Waals surface area contributed by atoms with Gasteiger partial charge in [-0.2, -0.15) is 0 Å². The molecular weight excluding hydrogens is 254 g/mol. The van der Waals surface area contributed by atoms with Crippen LogP contribution in [0.2, 0.25) is 0 Å². The van der Waals surface area contributed by atoms with E-state index in [0.717, 1.165) is 17.8 Å². The lowest BCUT2D eigenvalue weighted by Gasteiger charge is -2.33. The minimum absolute atomic E-state index is 0.879. The van der Waals surface area contributed by atoms with Crippen LogP contribution in [0, 0.1) is 17.8 Å². The second-order valence-electron chi connectivity index (χ2n) is 7.79. The molecule has 0 aromatic heterocycles. The molecule has 0 aliphatic carbocycles. The van der Waals surface area contributed by atoms with Crippen molar-refractivity contribution >= 4 is 0 Å². The van der Waals surface area contributed by atoms with Gasteiger partial charge in [-0.15, -0.1) is 0 Å². The summed E-state index contributed by atoms with van der Waals surface area (Å²) in [6, 6.07) is 0. The summed E-state index contributed by atoms with van der Waals surface area (Å²) in [5, 5.41) is 0. The molecule has 0 spiro atoms. The Morgan fingerprint density at radius 3 is 2.24 bits per heavy atom. The highest BCUT2D eigenvalue weighted by Gasteiger charge is 2.20. The Hall–Kier alpha value is -0.0400. The summed E-state index contributed by atoms with van der Waals surface area (Å²) < 4.78 is 0. The van der Waals surface area contributed by atoms with E-state index >= 15 is 0 Å². The van der Waals surface area contributed by atoms with Crippen LogP contribution in [0.25, 0.3) is 0 Å². The van der Waals surface area contributed by atoms with E-state index < -0.39 is 0 Å². The van der Waals surface area contributed by atoms with Crippen molar-refractivity contribution in [1.29, 1.82) is 0 Å². The van der Waals surface area contributed by atoms with E-state index in [1.54, 1.807) is 0 Å². The third-order valence-corrected chi connectivity index (χ3v) is 5.59. The van der Waals surface area contributed by atoms with Gasteiger partial charge in [0, 0.05) is 6.54 Å². The minimum atomic E-state index is 0.879. The topological polar surface area (TPSA) is 3.24 Å². The smallest absolute Gasteiger partial charge is 0.000692 e. The molecule has 1 aliphatic rings. The summed E-state index contributed by atoms with van der Waals surface area (Å²) in [6.07, 6.45) is 14.4. The number of hydrogen-bond donors (Lipinski definition) is 0. The highest BCUT2D eigenvalue weighted by molar-refractivity contribution is 4.74. The maximum Gasteiger partial charge on any atom is 0.000692 e. The first kappa shape index (κ1) is 19.0. The number of hydrogen-bond acceptors (Lipinski definition) is 1. The van der Waals surface area contributed by atoms with Gasteiger partial charge in [-0.1, -0.05) is 79.1 Å². The van der Waals surface area contributed by atoms with Crippen LogP contribution in [0.3, 0.4) is 0 Å². The van der Waals surface area contributed by atoms with Crippen molar-refractivity contribution < 1.29 is 0 Å². The molecule has 0 amide bonds. The lowest BCUT2D eigenvalue weighted by Crippen LogP contribution is -2.36. The van der Waals surface area contributed by atoms with E-state index in [1.807, 2.05) is 0 Å². The second kappa shape index (κ2) is 11.5. The fraction of sp³-hybridized carbons (Fsp3) is 1.00. The number of likely N-dealkylation sites (tertiary alicyclic amines) is 1. The van der Waals surface area contributed by atoms with E-state index in [-0.39, 0.29) is 0 Å². The molecule has 1 aliphatic heterocycles. The van der Waals surface area contributed by atoms with Crippen molar-refractivity contribution in [2.75, 3.05) is 19.6 Å². The van der Waals surface area contributed by atoms with Gasteiger partial charge in [0.2, 0.25) is 0 Å². The molecule has 21 heavy (non-hydrogen) atoms. The fourth-order valence-corrected chi connectivity index (χ4v) is 3.61. The third kappa shape index (κ3) is 8.86. The Morgan fingerprint density at radius 1 is 0.905 bits per heavy atom. The Labute approximate surface area is 134 Å². The van der Waals surface area contributed by atoms with Gasteiger partial charge in [-0.25, -0.2) is 0 Å². The minimum Gasteiger partial charge on any atom is -0.303 e. The standard InChI is InChI=1S/C20H41N/c1-5-7-8-9-10-19(4)11-12-20-13-15-21(16-14-20)17-18(3)6-2/h18-20H,5-17H2,1-4H3. The van der Waals surface area contributed by atoms with Crippen LogP contribution in [-0.2, 0) is 0 Å². The Kier molecular flexibility index (Phi) is 10.4. The average molecular weight is 296 g/mol. The molecule has 1 rings (SSSR count). The zero-order chi connectivity index (χ0) is 15.5. The zero-order valence-electron chi connectivity index (χ0n) is 15.4. The predicted octanol–water partition coefficient (Wildman–Crippen LogP) is 6.13. The van der Waals surface area contributed by atoms with Crippen molar-refractivity contribution in [2.45, 2.75) is 91.9 Å². The molecule has 1 heterocycles. The Bertz CT molecular complexity index is 230. The van der Waals surface area contributed by atoms with E-state index in [9.17, 15) is 0 Å². The first-order valence-electron chi connectivity index (χ1n) is 9.88. The van der Waals surface area contributed by atoms with Gasteiger partial charge in [-0.05, 0) is 43.7 Å². The maximum atomic E-state index is 2.71. The van der Waals surface area contributed by atoms with Gasteiger partial charge >= 0.3 is 0 Å². The summed E-state index contributed by atoms with van der Waals surface area (Å²) in [5.74, 6) is 2.86. The molecule has 2 unspecified atom stereocenters. The lowest BCUT2D eigenvalue weighted by molar-refractivity contribution is 0.154. The molecule has 126 valence electrons. The highest BCUT2D eigenvalue weighted by atomic mass is 15.1. The van der Waals surface area contributed by atoms with Crippen LogP contribution in [-0.4, -0.2) is 24.5 Å². The SMILES string of the molecule is CCCCCCC(C)CCC1CCN(CC(C)CC)CC1. The van der Waals surface area contributed by atoms with Crippen LogP contribution in [0.1, 0.15) is 91.9 Å². The molecular formula is C20H41N. The summed E-state index contributed by atoms with van der Waals surface area (Å²) in [6.45, 7) is 13.5. The molecule has 0 radical (unpaired) electrons. The van der Waals surface area contributed by atoms with E-state index in [1.165, 1.54) is 83.8 Å². The molecule has 0 bridgehead atoms. The quantitative estimate of drug-likeness (QED) is 0.414. The molecule has 1 heteroatoms. The number of piperidine rings is 1. The molecule has 1 nitrogen and oxygen atoms in total.